The Morgan fingerprint density at radius 2 is 1.78 bits per heavy atom. The van der Waals surface area contributed by atoms with Gasteiger partial charge in [-0.1, -0.05) is 60.1 Å². The van der Waals surface area contributed by atoms with Crippen molar-refractivity contribution in [3.8, 4) is 22.4 Å². The maximum Gasteiger partial charge on any atom is 0.415 e. The zero-order valence-corrected chi connectivity index (χ0v) is 24.2. The summed E-state index contributed by atoms with van der Waals surface area (Å²) in [6.45, 7) is 0. The Bertz CT molecular complexity index is 2150. The highest BCUT2D eigenvalue weighted by Crippen LogP contribution is 2.46. The SMILES string of the molecule is CN(C(=O)OC1c2ccccc2-c2ccccc21)c1c(F)c(Cl)c(-c2cn3cc(NC(=O)[C@@H]4C[C@@H]4F)nc3cn2)c2cn[nH]c12. The molecule has 3 aromatic heterocycles. The van der Waals surface area contributed by atoms with Crippen LogP contribution >= 0.6 is 11.6 Å². The lowest BCUT2D eigenvalue weighted by Gasteiger charge is -2.23. The van der Waals surface area contributed by atoms with E-state index in [4.69, 9.17) is 16.3 Å². The minimum absolute atomic E-state index is 0.138. The topological polar surface area (TPSA) is 118 Å². The van der Waals surface area contributed by atoms with Crippen LogP contribution in [0, 0.1) is 11.7 Å². The van der Waals surface area contributed by atoms with Gasteiger partial charge in [-0.25, -0.2) is 18.6 Å². The van der Waals surface area contributed by atoms with Crippen molar-refractivity contribution in [3.63, 3.8) is 0 Å². The van der Waals surface area contributed by atoms with Crippen LogP contribution in [0.4, 0.5) is 25.1 Å². The predicted octanol–water partition coefficient (Wildman–Crippen LogP) is 6.70. The molecule has 3 aromatic carbocycles. The second-order valence-corrected chi connectivity index (χ2v) is 11.4. The summed E-state index contributed by atoms with van der Waals surface area (Å²) in [4.78, 5) is 35.5. The van der Waals surface area contributed by atoms with E-state index in [-0.39, 0.29) is 39.7 Å². The maximum atomic E-state index is 16.2. The van der Waals surface area contributed by atoms with Gasteiger partial charge in [-0.05, 0) is 17.5 Å². The van der Waals surface area contributed by atoms with Gasteiger partial charge in [0.15, 0.2) is 23.4 Å². The van der Waals surface area contributed by atoms with E-state index in [1.807, 2.05) is 48.5 Å². The molecule has 2 aliphatic carbocycles. The summed E-state index contributed by atoms with van der Waals surface area (Å²) in [5.41, 5.74) is 4.61. The van der Waals surface area contributed by atoms with E-state index < -0.39 is 36.0 Å². The van der Waals surface area contributed by atoms with Crippen LogP contribution in [0.5, 0.6) is 0 Å². The van der Waals surface area contributed by atoms with Crippen molar-refractivity contribution in [1.82, 2.24) is 24.6 Å². The molecule has 224 valence electrons. The summed E-state index contributed by atoms with van der Waals surface area (Å²) in [5.74, 6) is -1.75. The number of imidazole rings is 1. The molecule has 6 aromatic rings. The molecule has 3 heterocycles. The molecule has 0 bridgehead atoms. The number of ether oxygens (including phenoxy) is 1. The fourth-order valence-corrected chi connectivity index (χ4v) is 6.20. The number of amides is 2. The van der Waals surface area contributed by atoms with Crippen molar-refractivity contribution in [2.45, 2.75) is 18.7 Å². The smallest absolute Gasteiger partial charge is 0.415 e. The number of hydrogen-bond acceptors (Lipinski definition) is 6. The predicted molar refractivity (Wildman–Crippen MR) is 163 cm³/mol. The molecule has 45 heavy (non-hydrogen) atoms. The van der Waals surface area contributed by atoms with E-state index in [0.717, 1.165) is 27.2 Å². The number of nitrogens with zero attached hydrogens (tertiary/aromatic N) is 5. The van der Waals surface area contributed by atoms with Gasteiger partial charge >= 0.3 is 6.09 Å². The fraction of sp³-hybridized carbons (Fsp3) is 0.156. The maximum absolute atomic E-state index is 16.2. The monoisotopic (exact) mass is 625 g/mol. The number of aromatic nitrogens is 5. The van der Waals surface area contributed by atoms with Gasteiger partial charge < -0.3 is 14.5 Å². The van der Waals surface area contributed by atoms with E-state index in [9.17, 15) is 14.0 Å². The molecule has 2 N–H and O–H groups in total. The van der Waals surface area contributed by atoms with Crippen molar-refractivity contribution >= 4 is 51.7 Å². The lowest BCUT2D eigenvalue weighted by Crippen LogP contribution is -2.29. The largest absolute Gasteiger partial charge is 0.436 e. The first-order chi connectivity index (χ1) is 21.8. The highest BCUT2D eigenvalue weighted by molar-refractivity contribution is 6.36. The third-order valence-electron chi connectivity index (χ3n) is 8.27. The molecule has 2 aliphatic rings. The number of halogens is 3. The van der Waals surface area contributed by atoms with E-state index in [1.54, 1.807) is 16.8 Å². The number of hydrogen-bond donors (Lipinski definition) is 2. The minimum atomic E-state index is -1.13. The van der Waals surface area contributed by atoms with Crippen LogP contribution in [0.15, 0.2) is 73.3 Å². The molecule has 1 fully saturated rings. The molecule has 0 saturated heterocycles. The Morgan fingerprint density at radius 1 is 1.09 bits per heavy atom. The first-order valence-electron chi connectivity index (χ1n) is 14.1. The van der Waals surface area contributed by atoms with Crippen LogP contribution in [0.25, 0.3) is 38.9 Å². The molecule has 10 nitrogen and oxygen atoms in total. The van der Waals surface area contributed by atoms with Gasteiger partial charge in [0.25, 0.3) is 0 Å². The molecule has 0 aliphatic heterocycles. The minimum Gasteiger partial charge on any atom is -0.436 e. The molecule has 0 unspecified atom stereocenters. The first kappa shape index (κ1) is 27.2. The van der Waals surface area contributed by atoms with Crippen molar-refractivity contribution in [2.75, 3.05) is 17.3 Å². The number of aromatic amines is 1. The van der Waals surface area contributed by atoms with Crippen LogP contribution < -0.4 is 10.2 Å². The number of carbonyl (C=O) groups excluding carboxylic acids is 2. The van der Waals surface area contributed by atoms with Crippen molar-refractivity contribution in [2.24, 2.45) is 5.92 Å². The third-order valence-corrected chi connectivity index (χ3v) is 8.62. The molecular formula is C32H22ClF2N7O3. The van der Waals surface area contributed by atoms with Crippen molar-refractivity contribution in [3.05, 3.63) is 95.3 Å². The number of anilines is 2. The van der Waals surface area contributed by atoms with Crippen LogP contribution in [0.1, 0.15) is 23.7 Å². The molecule has 0 spiro atoms. The Morgan fingerprint density at radius 3 is 2.47 bits per heavy atom. The molecular weight excluding hydrogens is 604 g/mol. The van der Waals surface area contributed by atoms with Crippen LogP contribution in [-0.4, -0.2) is 49.8 Å². The van der Waals surface area contributed by atoms with E-state index in [2.05, 4.69) is 25.5 Å². The molecule has 8 rings (SSSR count). The van der Waals surface area contributed by atoms with Crippen molar-refractivity contribution < 1.29 is 23.1 Å². The lowest BCUT2D eigenvalue weighted by atomic mass is 10.0. The van der Waals surface area contributed by atoms with Gasteiger partial charge in [0, 0.05) is 35.3 Å². The summed E-state index contributed by atoms with van der Waals surface area (Å²) in [6.07, 6.45) is 3.63. The van der Waals surface area contributed by atoms with E-state index >= 15 is 4.39 Å². The van der Waals surface area contributed by atoms with Crippen molar-refractivity contribution in [1.29, 1.82) is 0 Å². The quantitative estimate of drug-likeness (QED) is 0.220. The standard InChI is InChI=1S/C32H22ClF2N7O3/c1-41(32(44)45-30-17-8-4-2-6-15(17)16-7-3-5-9-18(16)30)29-27(35)26(33)25(20-11-37-40-28(20)29)22-13-42-14-23(38-24(42)12-36-22)39-31(43)19-10-21(19)34/h2-9,11-14,19,21,30H,10H2,1H3,(H,37,40)(H,39,43)/t19-,21+/m1/s1. The second-order valence-electron chi connectivity index (χ2n) is 11.0. The molecule has 2 atom stereocenters. The summed E-state index contributed by atoms with van der Waals surface area (Å²) < 4.78 is 37.0. The summed E-state index contributed by atoms with van der Waals surface area (Å²) >= 11 is 6.65. The van der Waals surface area contributed by atoms with Gasteiger partial charge in [0.2, 0.25) is 5.91 Å². The molecule has 1 saturated carbocycles. The number of carbonyl (C=O) groups is 2. The Labute approximate surface area is 258 Å². The Hall–Kier alpha value is -5.36. The molecule has 0 radical (unpaired) electrons. The Kier molecular flexibility index (Phi) is 6.10. The van der Waals surface area contributed by atoms with Gasteiger partial charge in [0.05, 0.1) is 40.7 Å². The molecule has 13 heteroatoms. The summed E-state index contributed by atoms with van der Waals surface area (Å²) in [7, 11) is 1.40. The lowest BCUT2D eigenvalue weighted by molar-refractivity contribution is -0.117. The summed E-state index contributed by atoms with van der Waals surface area (Å²) in [5, 5.41) is 9.64. The average Bonchev–Trinajstić information content (AvgIpc) is 3.33. The number of fused-ring (bicyclic) bond motifs is 5. The number of nitrogens with one attached hydrogen (secondary N) is 2. The van der Waals surface area contributed by atoms with Crippen LogP contribution in [0.2, 0.25) is 5.02 Å². The summed E-state index contributed by atoms with van der Waals surface area (Å²) in [6, 6.07) is 15.4. The first-order valence-corrected chi connectivity index (χ1v) is 14.4. The normalized spacial score (nSPS) is 16.9. The zero-order chi connectivity index (χ0) is 31.0. The zero-order valence-electron chi connectivity index (χ0n) is 23.5. The Balaban J connectivity index is 1.13. The highest BCUT2D eigenvalue weighted by atomic mass is 35.5. The van der Waals surface area contributed by atoms with Gasteiger partial charge in [-0.2, -0.15) is 5.10 Å². The van der Waals surface area contributed by atoms with Gasteiger partial charge in [-0.15, -0.1) is 0 Å². The van der Waals surface area contributed by atoms with Crippen LogP contribution in [0.3, 0.4) is 0 Å². The van der Waals surface area contributed by atoms with Gasteiger partial charge in [-0.3, -0.25) is 19.8 Å². The molecule has 2 amide bonds. The van der Waals surface area contributed by atoms with Crippen LogP contribution in [-0.2, 0) is 9.53 Å². The number of H-pyrrole nitrogens is 1. The van der Waals surface area contributed by atoms with Gasteiger partial charge in [0.1, 0.15) is 11.9 Å². The number of alkyl halides is 1. The number of benzene rings is 3. The average molecular weight is 626 g/mol. The second kappa shape index (κ2) is 10.1. The number of rotatable bonds is 5. The fourth-order valence-electron chi connectivity index (χ4n) is 5.91. The third kappa shape index (κ3) is 4.32. The highest BCUT2D eigenvalue weighted by Gasteiger charge is 2.44. The van der Waals surface area contributed by atoms with E-state index in [1.165, 1.54) is 19.4 Å². The van der Waals surface area contributed by atoms with E-state index in [0.29, 0.717) is 11.0 Å².